The molecule has 5 rings (SSSR count). The van der Waals surface area contributed by atoms with Crippen molar-refractivity contribution in [1.82, 2.24) is 14.3 Å². The van der Waals surface area contributed by atoms with Gasteiger partial charge in [0.1, 0.15) is 11.2 Å². The summed E-state index contributed by atoms with van der Waals surface area (Å²) in [4.78, 5) is 22.3. The number of anilines is 1. The molecule has 1 fully saturated rings. The standard InChI is InChI=1S/C24H26N4O2/c1-3-8-26-10-12-27(13-11-26)19-7-6-18-14-20(24(29)30-22(18)15-19)21-16-28-9-4-5-17(2)23(28)25-21/h4-7,9,14-16H,3,8,10-13H2,1-2H3. The van der Waals surface area contributed by atoms with Gasteiger partial charge in [-0.1, -0.05) is 13.0 Å². The first-order valence-corrected chi connectivity index (χ1v) is 10.6. The summed E-state index contributed by atoms with van der Waals surface area (Å²) >= 11 is 0. The summed E-state index contributed by atoms with van der Waals surface area (Å²) < 4.78 is 7.66. The summed E-state index contributed by atoms with van der Waals surface area (Å²) in [7, 11) is 0. The van der Waals surface area contributed by atoms with Crippen molar-refractivity contribution in [2.24, 2.45) is 0 Å². The molecule has 0 aliphatic carbocycles. The second-order valence-electron chi connectivity index (χ2n) is 8.05. The van der Waals surface area contributed by atoms with Gasteiger partial charge < -0.3 is 13.7 Å². The molecule has 4 aromatic rings. The number of rotatable bonds is 4. The smallest absolute Gasteiger partial charge is 0.345 e. The highest BCUT2D eigenvalue weighted by molar-refractivity contribution is 5.84. The van der Waals surface area contributed by atoms with E-state index in [4.69, 9.17) is 4.42 Å². The van der Waals surface area contributed by atoms with E-state index in [9.17, 15) is 4.79 Å². The van der Waals surface area contributed by atoms with Gasteiger partial charge in [0.15, 0.2) is 0 Å². The Morgan fingerprint density at radius 1 is 1.10 bits per heavy atom. The molecular weight excluding hydrogens is 376 g/mol. The highest BCUT2D eigenvalue weighted by Gasteiger charge is 2.18. The summed E-state index contributed by atoms with van der Waals surface area (Å²) in [6.07, 6.45) is 5.01. The van der Waals surface area contributed by atoms with Crippen molar-refractivity contribution in [2.75, 3.05) is 37.6 Å². The van der Waals surface area contributed by atoms with Crippen LogP contribution in [0.25, 0.3) is 27.9 Å². The van der Waals surface area contributed by atoms with Crippen LogP contribution in [0.4, 0.5) is 5.69 Å². The maximum atomic E-state index is 12.8. The largest absolute Gasteiger partial charge is 0.422 e. The fraction of sp³-hybridized carbons (Fsp3) is 0.333. The number of aromatic nitrogens is 2. The van der Waals surface area contributed by atoms with Gasteiger partial charge in [-0.05, 0) is 49.7 Å². The Bertz CT molecular complexity index is 1270. The molecule has 1 aliphatic heterocycles. The summed E-state index contributed by atoms with van der Waals surface area (Å²) in [6, 6.07) is 12.0. The molecule has 30 heavy (non-hydrogen) atoms. The average molecular weight is 402 g/mol. The molecule has 0 unspecified atom stereocenters. The predicted octanol–water partition coefficient (Wildman–Crippen LogP) is 3.95. The van der Waals surface area contributed by atoms with E-state index in [1.54, 1.807) is 0 Å². The van der Waals surface area contributed by atoms with E-state index in [-0.39, 0.29) is 5.63 Å². The Hall–Kier alpha value is -3.12. The third kappa shape index (κ3) is 3.37. The first kappa shape index (κ1) is 18.9. The average Bonchev–Trinajstić information content (AvgIpc) is 3.19. The fourth-order valence-corrected chi connectivity index (χ4v) is 4.30. The Labute approximate surface area is 175 Å². The summed E-state index contributed by atoms with van der Waals surface area (Å²) in [5.74, 6) is 0. The molecule has 1 saturated heterocycles. The minimum absolute atomic E-state index is 0.353. The Kier molecular flexibility index (Phi) is 4.79. The number of aryl methyl sites for hydroxylation is 1. The molecule has 4 heterocycles. The molecule has 0 amide bonds. The van der Waals surface area contributed by atoms with Gasteiger partial charge in [-0.3, -0.25) is 4.90 Å². The minimum Gasteiger partial charge on any atom is -0.422 e. The van der Waals surface area contributed by atoms with Crippen LogP contribution in [0.2, 0.25) is 0 Å². The van der Waals surface area contributed by atoms with Gasteiger partial charge in [0.2, 0.25) is 0 Å². The van der Waals surface area contributed by atoms with E-state index in [0.717, 1.165) is 55.0 Å². The van der Waals surface area contributed by atoms with Crippen LogP contribution in [0.15, 0.2) is 58.0 Å². The van der Waals surface area contributed by atoms with Gasteiger partial charge in [0, 0.05) is 55.7 Å². The highest BCUT2D eigenvalue weighted by atomic mass is 16.4. The van der Waals surface area contributed by atoms with Crippen molar-refractivity contribution in [1.29, 1.82) is 0 Å². The van der Waals surface area contributed by atoms with E-state index in [1.807, 2.05) is 54.0 Å². The zero-order chi connectivity index (χ0) is 20.7. The zero-order valence-electron chi connectivity index (χ0n) is 17.5. The molecule has 0 saturated carbocycles. The van der Waals surface area contributed by atoms with Gasteiger partial charge >= 0.3 is 5.63 Å². The van der Waals surface area contributed by atoms with Gasteiger partial charge in [0.25, 0.3) is 0 Å². The van der Waals surface area contributed by atoms with Crippen LogP contribution in [-0.2, 0) is 0 Å². The van der Waals surface area contributed by atoms with Crippen LogP contribution in [0.5, 0.6) is 0 Å². The van der Waals surface area contributed by atoms with Crippen LogP contribution >= 0.6 is 0 Å². The third-order valence-electron chi connectivity index (χ3n) is 5.95. The number of nitrogens with zero attached hydrogens (tertiary/aromatic N) is 4. The summed E-state index contributed by atoms with van der Waals surface area (Å²) in [5, 5.41) is 0.909. The van der Waals surface area contributed by atoms with E-state index in [0.29, 0.717) is 16.8 Å². The van der Waals surface area contributed by atoms with Gasteiger partial charge in [-0.25, -0.2) is 9.78 Å². The minimum atomic E-state index is -0.353. The zero-order valence-corrected chi connectivity index (χ0v) is 17.5. The number of fused-ring (bicyclic) bond motifs is 2. The number of hydrogen-bond donors (Lipinski definition) is 0. The van der Waals surface area contributed by atoms with Crippen LogP contribution in [0.3, 0.4) is 0 Å². The normalized spacial score (nSPS) is 15.3. The third-order valence-corrected chi connectivity index (χ3v) is 5.95. The monoisotopic (exact) mass is 402 g/mol. The molecule has 0 bridgehead atoms. The van der Waals surface area contributed by atoms with Gasteiger partial charge in [-0.2, -0.15) is 0 Å². The molecule has 3 aromatic heterocycles. The number of imidazole rings is 1. The molecule has 1 aliphatic rings. The SMILES string of the molecule is CCCN1CCN(c2ccc3cc(-c4cn5cccc(C)c5n4)c(=O)oc3c2)CC1. The lowest BCUT2D eigenvalue weighted by atomic mass is 10.1. The maximum absolute atomic E-state index is 12.8. The second kappa shape index (κ2) is 7.61. The van der Waals surface area contributed by atoms with Crippen molar-refractivity contribution in [2.45, 2.75) is 20.3 Å². The summed E-state index contributed by atoms with van der Waals surface area (Å²) in [5.41, 5.74) is 4.42. The van der Waals surface area contributed by atoms with E-state index < -0.39 is 0 Å². The fourth-order valence-electron chi connectivity index (χ4n) is 4.30. The molecule has 6 nitrogen and oxygen atoms in total. The van der Waals surface area contributed by atoms with E-state index in [2.05, 4.69) is 27.8 Å². The van der Waals surface area contributed by atoms with Gasteiger partial charge in [0.05, 0.1) is 11.3 Å². The van der Waals surface area contributed by atoms with Crippen molar-refractivity contribution >= 4 is 22.3 Å². The van der Waals surface area contributed by atoms with Crippen molar-refractivity contribution in [3.05, 3.63) is 64.8 Å². The molecule has 1 aromatic carbocycles. The molecule has 154 valence electrons. The van der Waals surface area contributed by atoms with Crippen molar-refractivity contribution < 1.29 is 4.42 Å². The quantitative estimate of drug-likeness (QED) is 0.484. The maximum Gasteiger partial charge on any atom is 0.345 e. The lowest BCUT2D eigenvalue weighted by molar-refractivity contribution is 0.258. The number of benzene rings is 1. The topological polar surface area (TPSA) is 54.0 Å². The Morgan fingerprint density at radius 3 is 2.70 bits per heavy atom. The first-order chi connectivity index (χ1) is 14.6. The Morgan fingerprint density at radius 2 is 1.93 bits per heavy atom. The van der Waals surface area contributed by atoms with Gasteiger partial charge in [-0.15, -0.1) is 0 Å². The van der Waals surface area contributed by atoms with Crippen LogP contribution in [0.1, 0.15) is 18.9 Å². The molecular formula is C24H26N4O2. The van der Waals surface area contributed by atoms with Crippen molar-refractivity contribution in [3.63, 3.8) is 0 Å². The molecule has 0 atom stereocenters. The Balaban J connectivity index is 1.47. The van der Waals surface area contributed by atoms with Crippen molar-refractivity contribution in [3.8, 4) is 11.3 Å². The lowest BCUT2D eigenvalue weighted by Crippen LogP contribution is -2.46. The number of piperazine rings is 1. The van der Waals surface area contributed by atoms with Crippen LogP contribution < -0.4 is 10.5 Å². The predicted molar refractivity (Wildman–Crippen MR) is 120 cm³/mol. The second-order valence-corrected chi connectivity index (χ2v) is 8.05. The molecule has 6 heteroatoms. The van der Waals surface area contributed by atoms with Crippen LogP contribution in [0, 0.1) is 6.92 Å². The summed E-state index contributed by atoms with van der Waals surface area (Å²) in [6.45, 7) is 9.52. The van der Waals surface area contributed by atoms with Crippen LogP contribution in [-0.4, -0.2) is 47.0 Å². The highest BCUT2D eigenvalue weighted by Crippen LogP contribution is 2.26. The molecule has 0 N–H and O–H groups in total. The number of pyridine rings is 1. The first-order valence-electron chi connectivity index (χ1n) is 10.6. The van der Waals surface area contributed by atoms with E-state index in [1.165, 1.54) is 6.42 Å². The number of hydrogen-bond acceptors (Lipinski definition) is 5. The lowest BCUT2D eigenvalue weighted by Gasteiger charge is -2.36. The molecule has 0 radical (unpaired) electrons. The molecule has 0 spiro atoms. The van der Waals surface area contributed by atoms with E-state index >= 15 is 0 Å².